The molecule has 5 heterocycles. The van der Waals surface area contributed by atoms with Crippen molar-refractivity contribution in [1.82, 2.24) is 39.6 Å². The lowest BCUT2D eigenvalue weighted by molar-refractivity contribution is 0.0828. The second-order valence-corrected chi connectivity index (χ2v) is 8.19. The number of carbonyl (C=O) groups is 1. The van der Waals surface area contributed by atoms with Crippen LogP contribution < -0.4 is 15.5 Å². The highest BCUT2D eigenvalue weighted by Crippen LogP contribution is 2.28. The molecule has 1 amide bonds. The first-order valence-corrected chi connectivity index (χ1v) is 10.8. The van der Waals surface area contributed by atoms with Gasteiger partial charge in [-0.3, -0.25) is 9.48 Å². The lowest BCUT2D eigenvalue weighted by Crippen LogP contribution is -2.43. The number of carbonyl (C=O) groups excluding carboxylic acids is 1. The Morgan fingerprint density at radius 3 is 2.61 bits per heavy atom. The first kappa shape index (κ1) is 20.9. The number of rotatable bonds is 5. The van der Waals surface area contributed by atoms with Crippen molar-refractivity contribution in [2.45, 2.75) is 0 Å². The van der Waals surface area contributed by atoms with Crippen molar-refractivity contribution >= 4 is 28.9 Å². The zero-order valence-corrected chi connectivity index (χ0v) is 18.9. The largest absolute Gasteiger partial charge is 0.368 e. The fourth-order valence-corrected chi connectivity index (χ4v) is 3.94. The van der Waals surface area contributed by atoms with Gasteiger partial charge in [-0.05, 0) is 18.2 Å². The molecule has 1 aliphatic heterocycles. The van der Waals surface area contributed by atoms with Crippen molar-refractivity contribution in [1.29, 1.82) is 0 Å². The van der Waals surface area contributed by atoms with Gasteiger partial charge in [-0.15, -0.1) is 5.10 Å². The van der Waals surface area contributed by atoms with Crippen LogP contribution in [0.4, 0.5) is 17.5 Å². The lowest BCUT2D eigenvalue weighted by Gasteiger charge is -2.29. The van der Waals surface area contributed by atoms with E-state index >= 15 is 0 Å². The summed E-state index contributed by atoms with van der Waals surface area (Å²) < 4.78 is 3.42. The molecule has 11 heteroatoms. The molecule has 0 spiro atoms. The van der Waals surface area contributed by atoms with E-state index in [9.17, 15) is 4.79 Å². The summed E-state index contributed by atoms with van der Waals surface area (Å²) in [6.07, 6.45) is 7.13. The number of pyridine rings is 1. The van der Waals surface area contributed by atoms with Gasteiger partial charge < -0.3 is 20.4 Å². The van der Waals surface area contributed by atoms with Gasteiger partial charge >= 0.3 is 0 Å². The topological polar surface area (TPSA) is 109 Å². The van der Waals surface area contributed by atoms with Crippen LogP contribution in [0.1, 0.15) is 10.4 Å². The van der Waals surface area contributed by atoms with Gasteiger partial charge in [0, 0.05) is 59.1 Å². The normalized spacial score (nSPS) is 14.0. The molecular formula is C22H26N10O. The SMILES string of the molecule is CN(C)C(=O)c1cc2cnc(Nc3ccc(N4CCNCC4)cn3)nn2c1-c1cnn(C)c1. The van der Waals surface area contributed by atoms with Crippen LogP contribution in [0.5, 0.6) is 0 Å². The summed E-state index contributed by atoms with van der Waals surface area (Å²) in [5, 5.41) is 15.4. The van der Waals surface area contributed by atoms with E-state index in [1.807, 2.05) is 31.6 Å². The number of anilines is 3. The number of fused-ring (bicyclic) bond motifs is 1. The van der Waals surface area contributed by atoms with Gasteiger partial charge in [0.05, 0.1) is 41.1 Å². The third-order valence-electron chi connectivity index (χ3n) is 5.60. The first-order valence-electron chi connectivity index (χ1n) is 10.8. The molecule has 0 atom stereocenters. The molecule has 0 aliphatic carbocycles. The summed E-state index contributed by atoms with van der Waals surface area (Å²) in [4.78, 5) is 25.7. The Morgan fingerprint density at radius 2 is 1.94 bits per heavy atom. The second kappa shape index (κ2) is 8.51. The zero-order valence-electron chi connectivity index (χ0n) is 18.9. The van der Waals surface area contributed by atoms with Crippen LogP contribution in [0.3, 0.4) is 0 Å². The van der Waals surface area contributed by atoms with E-state index in [0.717, 1.165) is 37.4 Å². The van der Waals surface area contributed by atoms with Crippen LogP contribution >= 0.6 is 0 Å². The predicted molar refractivity (Wildman–Crippen MR) is 126 cm³/mol. The summed E-state index contributed by atoms with van der Waals surface area (Å²) in [5.41, 5.74) is 3.81. The highest BCUT2D eigenvalue weighted by molar-refractivity contribution is 6.01. The molecule has 4 aromatic heterocycles. The number of aryl methyl sites for hydroxylation is 1. The number of nitrogens with zero attached hydrogens (tertiary/aromatic N) is 8. The molecule has 0 aromatic carbocycles. The van der Waals surface area contributed by atoms with Crippen LogP contribution in [0, 0.1) is 0 Å². The van der Waals surface area contributed by atoms with Crippen molar-refractivity contribution in [2.75, 3.05) is 50.5 Å². The predicted octanol–water partition coefficient (Wildman–Crippen LogP) is 1.38. The van der Waals surface area contributed by atoms with Crippen molar-refractivity contribution < 1.29 is 4.79 Å². The summed E-state index contributed by atoms with van der Waals surface area (Å²) >= 11 is 0. The third-order valence-corrected chi connectivity index (χ3v) is 5.60. The molecule has 33 heavy (non-hydrogen) atoms. The Kier molecular flexibility index (Phi) is 5.38. The highest BCUT2D eigenvalue weighted by Gasteiger charge is 2.22. The van der Waals surface area contributed by atoms with Gasteiger partial charge in [0.15, 0.2) is 0 Å². The summed E-state index contributed by atoms with van der Waals surface area (Å²) in [7, 11) is 5.29. The quantitative estimate of drug-likeness (QED) is 0.473. The first-order chi connectivity index (χ1) is 16.0. The number of aromatic nitrogens is 6. The van der Waals surface area contributed by atoms with E-state index < -0.39 is 0 Å². The Balaban J connectivity index is 1.48. The zero-order chi connectivity index (χ0) is 22.9. The maximum Gasteiger partial charge on any atom is 0.255 e. The van der Waals surface area contributed by atoms with Crippen molar-refractivity contribution in [3.63, 3.8) is 0 Å². The van der Waals surface area contributed by atoms with E-state index in [2.05, 4.69) is 35.7 Å². The molecule has 0 bridgehead atoms. The maximum absolute atomic E-state index is 12.9. The molecule has 0 radical (unpaired) electrons. The molecule has 1 saturated heterocycles. The number of nitrogens with one attached hydrogen (secondary N) is 2. The molecule has 2 N–H and O–H groups in total. The van der Waals surface area contributed by atoms with Crippen LogP contribution in [-0.4, -0.2) is 80.4 Å². The number of hydrogen-bond donors (Lipinski definition) is 2. The van der Waals surface area contributed by atoms with Crippen molar-refractivity contribution in [2.24, 2.45) is 7.05 Å². The molecule has 1 aliphatic rings. The minimum atomic E-state index is -0.112. The molecule has 0 saturated carbocycles. The monoisotopic (exact) mass is 446 g/mol. The Labute approximate surface area is 191 Å². The van der Waals surface area contributed by atoms with Crippen LogP contribution in [0.15, 0.2) is 43.0 Å². The van der Waals surface area contributed by atoms with E-state index in [1.54, 1.807) is 46.7 Å². The summed E-state index contributed by atoms with van der Waals surface area (Å²) in [6.45, 7) is 3.88. The Bertz CT molecular complexity index is 1280. The average Bonchev–Trinajstić information content (AvgIpc) is 3.42. The van der Waals surface area contributed by atoms with Crippen LogP contribution in [-0.2, 0) is 7.05 Å². The summed E-state index contributed by atoms with van der Waals surface area (Å²) in [6, 6.07) is 5.77. The third kappa shape index (κ3) is 4.10. The molecule has 0 unspecified atom stereocenters. The Hall–Kier alpha value is -3.99. The second-order valence-electron chi connectivity index (χ2n) is 8.19. The fourth-order valence-electron chi connectivity index (χ4n) is 3.94. The van der Waals surface area contributed by atoms with Gasteiger partial charge in [-0.2, -0.15) is 5.10 Å². The standard InChI is InChI=1S/C22H26N10O/c1-29(2)21(33)18-10-17-13-25-22(28-32(17)20(18)15-11-26-30(3)14-15)27-19-5-4-16(12-24-19)31-8-6-23-7-9-31/h4-5,10-14,23H,6-9H2,1-3H3,(H,24,27,28). The number of hydrogen-bond acceptors (Lipinski definition) is 8. The minimum Gasteiger partial charge on any atom is -0.368 e. The molecule has 4 aromatic rings. The van der Waals surface area contributed by atoms with Gasteiger partial charge in [-0.1, -0.05) is 0 Å². The van der Waals surface area contributed by atoms with E-state index in [4.69, 9.17) is 0 Å². The van der Waals surface area contributed by atoms with Crippen LogP contribution in [0.25, 0.3) is 16.8 Å². The Morgan fingerprint density at radius 1 is 1.12 bits per heavy atom. The van der Waals surface area contributed by atoms with Gasteiger partial charge in [-0.25, -0.2) is 14.5 Å². The lowest BCUT2D eigenvalue weighted by atomic mass is 10.1. The number of amides is 1. The maximum atomic E-state index is 12.9. The van der Waals surface area contributed by atoms with Crippen molar-refractivity contribution in [3.8, 4) is 11.3 Å². The average molecular weight is 447 g/mol. The van der Waals surface area contributed by atoms with Crippen molar-refractivity contribution in [3.05, 3.63) is 48.5 Å². The molecule has 1 fully saturated rings. The van der Waals surface area contributed by atoms with E-state index in [0.29, 0.717) is 28.5 Å². The highest BCUT2D eigenvalue weighted by atomic mass is 16.2. The van der Waals surface area contributed by atoms with Crippen LogP contribution in [0.2, 0.25) is 0 Å². The minimum absolute atomic E-state index is 0.112. The molecular weight excluding hydrogens is 420 g/mol. The molecule has 11 nitrogen and oxygen atoms in total. The fraction of sp³-hybridized carbons (Fsp3) is 0.318. The van der Waals surface area contributed by atoms with Gasteiger partial charge in [0.25, 0.3) is 5.91 Å². The summed E-state index contributed by atoms with van der Waals surface area (Å²) in [5.74, 6) is 0.918. The molecule has 170 valence electrons. The van der Waals surface area contributed by atoms with Gasteiger partial charge in [0.2, 0.25) is 5.95 Å². The molecule has 5 rings (SSSR count). The number of piperazine rings is 1. The van der Waals surface area contributed by atoms with Gasteiger partial charge in [0.1, 0.15) is 5.82 Å². The smallest absolute Gasteiger partial charge is 0.255 e. The van der Waals surface area contributed by atoms with E-state index in [1.165, 1.54) is 0 Å². The van der Waals surface area contributed by atoms with E-state index in [-0.39, 0.29) is 5.91 Å².